The lowest BCUT2D eigenvalue weighted by atomic mass is 9.78. The Morgan fingerprint density at radius 2 is 1.70 bits per heavy atom. The van der Waals surface area contributed by atoms with Crippen LogP contribution in [0.4, 0.5) is 17.1 Å². The maximum absolute atomic E-state index is 13.5. The van der Waals surface area contributed by atoms with E-state index in [9.17, 15) is 14.9 Å². The van der Waals surface area contributed by atoms with E-state index in [0.29, 0.717) is 24.0 Å². The van der Waals surface area contributed by atoms with Gasteiger partial charge in [0.1, 0.15) is 5.75 Å². The molecule has 5 rings (SSSR count). The van der Waals surface area contributed by atoms with Gasteiger partial charge in [-0.05, 0) is 47.7 Å². The van der Waals surface area contributed by atoms with Crippen molar-refractivity contribution in [1.82, 2.24) is 0 Å². The van der Waals surface area contributed by atoms with E-state index in [1.54, 1.807) is 19.2 Å². The molecular weight excluding hydrogens is 418 g/mol. The standard InChI is InChI=1S/C26H23N3O4/c1-33-20-11-9-16(10-12-20)18-14-23-25(24(30)15-18)26(17-5-4-6-19(13-17)29(31)32)28-22-8-3-2-7-21(22)27-23/h2-13,18,26-28H,14-15H2,1H3/t18-,26-/m1/s1. The number of carbonyl (C=O) groups excluding carboxylic acids is 1. The monoisotopic (exact) mass is 441 g/mol. The first-order valence-corrected chi connectivity index (χ1v) is 10.8. The summed E-state index contributed by atoms with van der Waals surface area (Å²) in [7, 11) is 1.63. The van der Waals surface area contributed by atoms with Crippen LogP contribution in [0.1, 0.15) is 35.9 Å². The summed E-state index contributed by atoms with van der Waals surface area (Å²) in [5, 5.41) is 18.3. The lowest BCUT2D eigenvalue weighted by Gasteiger charge is -2.30. The smallest absolute Gasteiger partial charge is 0.269 e. The number of para-hydroxylation sites is 2. The zero-order valence-corrected chi connectivity index (χ0v) is 18.1. The van der Waals surface area contributed by atoms with Gasteiger partial charge in [0.25, 0.3) is 5.69 Å². The molecule has 7 heteroatoms. The second-order valence-corrected chi connectivity index (χ2v) is 8.29. The number of benzene rings is 3. The number of fused-ring (bicyclic) bond motifs is 1. The van der Waals surface area contributed by atoms with Crippen LogP contribution in [-0.4, -0.2) is 17.8 Å². The molecule has 0 bridgehead atoms. The molecule has 2 atom stereocenters. The highest BCUT2D eigenvalue weighted by Crippen LogP contribution is 2.44. The van der Waals surface area contributed by atoms with E-state index in [1.807, 2.05) is 54.6 Å². The van der Waals surface area contributed by atoms with Crippen molar-refractivity contribution >= 4 is 22.8 Å². The third kappa shape index (κ3) is 3.93. The first-order valence-electron chi connectivity index (χ1n) is 10.8. The molecule has 0 aromatic heterocycles. The van der Waals surface area contributed by atoms with Crippen molar-refractivity contribution in [3.05, 3.63) is 105 Å². The molecule has 166 valence electrons. The molecule has 3 aromatic carbocycles. The van der Waals surface area contributed by atoms with Crippen LogP contribution in [0.25, 0.3) is 0 Å². The Kier molecular flexibility index (Phi) is 5.30. The molecule has 0 unspecified atom stereocenters. The highest BCUT2D eigenvalue weighted by molar-refractivity contribution is 6.01. The maximum Gasteiger partial charge on any atom is 0.269 e. The van der Waals surface area contributed by atoms with E-state index < -0.39 is 11.0 Å². The molecule has 0 saturated heterocycles. The van der Waals surface area contributed by atoms with E-state index in [0.717, 1.165) is 28.4 Å². The van der Waals surface area contributed by atoms with Crippen molar-refractivity contribution in [2.75, 3.05) is 17.7 Å². The predicted octanol–water partition coefficient (Wildman–Crippen LogP) is 5.58. The first-order chi connectivity index (χ1) is 16.0. The Hall–Kier alpha value is -4.13. The Labute approximate surface area is 191 Å². The third-order valence-corrected chi connectivity index (χ3v) is 6.31. The van der Waals surface area contributed by atoms with Crippen LogP contribution in [0.5, 0.6) is 5.75 Å². The molecule has 1 aliphatic heterocycles. The third-order valence-electron chi connectivity index (χ3n) is 6.31. The fraction of sp³-hybridized carbons (Fsp3) is 0.192. The van der Waals surface area contributed by atoms with E-state index in [-0.39, 0.29) is 17.4 Å². The summed E-state index contributed by atoms with van der Waals surface area (Å²) in [4.78, 5) is 24.5. The molecule has 0 radical (unpaired) electrons. The topological polar surface area (TPSA) is 93.5 Å². The molecule has 2 N–H and O–H groups in total. The van der Waals surface area contributed by atoms with Gasteiger partial charge in [-0.1, -0.05) is 36.4 Å². The number of rotatable bonds is 4. The van der Waals surface area contributed by atoms with Crippen LogP contribution >= 0.6 is 0 Å². The quantitative estimate of drug-likeness (QED) is 0.405. The lowest BCUT2D eigenvalue weighted by Crippen LogP contribution is -2.26. The molecule has 0 fully saturated rings. The Morgan fingerprint density at radius 3 is 2.42 bits per heavy atom. The average molecular weight is 441 g/mol. The number of anilines is 2. The van der Waals surface area contributed by atoms with Gasteiger partial charge >= 0.3 is 0 Å². The van der Waals surface area contributed by atoms with Crippen LogP contribution in [0.15, 0.2) is 84.1 Å². The van der Waals surface area contributed by atoms with E-state index in [2.05, 4.69) is 10.6 Å². The summed E-state index contributed by atoms with van der Waals surface area (Å²) >= 11 is 0. The van der Waals surface area contributed by atoms with Gasteiger partial charge in [0.2, 0.25) is 0 Å². The number of nitrogens with one attached hydrogen (secondary N) is 2. The number of ether oxygens (including phenoxy) is 1. The summed E-state index contributed by atoms with van der Waals surface area (Å²) in [6.07, 6.45) is 1.03. The second kappa shape index (κ2) is 8.43. The van der Waals surface area contributed by atoms with Gasteiger partial charge in [0.05, 0.1) is 29.4 Å². The lowest BCUT2D eigenvalue weighted by molar-refractivity contribution is -0.384. The first kappa shape index (κ1) is 20.8. The number of non-ortho nitro benzene ring substituents is 1. The maximum atomic E-state index is 13.5. The van der Waals surface area contributed by atoms with Crippen LogP contribution < -0.4 is 15.4 Å². The van der Waals surface area contributed by atoms with Gasteiger partial charge in [0.15, 0.2) is 5.78 Å². The number of allylic oxidation sites excluding steroid dienone is 1. The Bertz CT molecular complexity index is 1270. The normalized spacial score (nSPS) is 19.5. The van der Waals surface area contributed by atoms with E-state index in [1.165, 1.54) is 6.07 Å². The molecular formula is C26H23N3O4. The number of methoxy groups -OCH3 is 1. The zero-order chi connectivity index (χ0) is 22.9. The van der Waals surface area contributed by atoms with E-state index in [4.69, 9.17) is 4.74 Å². The number of nitro groups is 1. The van der Waals surface area contributed by atoms with Gasteiger partial charge in [-0.3, -0.25) is 14.9 Å². The summed E-state index contributed by atoms with van der Waals surface area (Å²) in [6.45, 7) is 0. The minimum absolute atomic E-state index is 0.00121. The molecule has 7 nitrogen and oxygen atoms in total. The van der Waals surface area contributed by atoms with Gasteiger partial charge in [-0.25, -0.2) is 0 Å². The van der Waals surface area contributed by atoms with Crippen LogP contribution in [0.2, 0.25) is 0 Å². The van der Waals surface area contributed by atoms with Gasteiger partial charge in [0, 0.05) is 29.8 Å². The fourth-order valence-corrected chi connectivity index (χ4v) is 4.67. The van der Waals surface area contributed by atoms with Crippen LogP contribution in [0, 0.1) is 10.1 Å². The van der Waals surface area contributed by atoms with Crippen molar-refractivity contribution in [3.8, 4) is 5.75 Å². The molecule has 33 heavy (non-hydrogen) atoms. The molecule has 0 spiro atoms. The second-order valence-electron chi connectivity index (χ2n) is 8.29. The largest absolute Gasteiger partial charge is 0.497 e. The number of carbonyl (C=O) groups is 1. The molecule has 1 heterocycles. The summed E-state index contributed by atoms with van der Waals surface area (Å²) in [5.41, 5.74) is 4.97. The summed E-state index contributed by atoms with van der Waals surface area (Å²) in [5.74, 6) is 0.837. The van der Waals surface area contributed by atoms with Gasteiger partial charge in [-0.2, -0.15) is 0 Å². The molecule has 3 aromatic rings. The molecule has 2 aliphatic rings. The number of Topliss-reactive ketones (excluding diaryl/α,β-unsaturated/α-hetero) is 1. The van der Waals surface area contributed by atoms with Crippen molar-refractivity contribution in [2.24, 2.45) is 0 Å². The minimum Gasteiger partial charge on any atom is -0.497 e. The predicted molar refractivity (Wildman–Crippen MR) is 127 cm³/mol. The van der Waals surface area contributed by atoms with Crippen LogP contribution in [0.3, 0.4) is 0 Å². The summed E-state index contributed by atoms with van der Waals surface area (Å²) in [6, 6.07) is 21.6. The number of nitrogens with zero attached hydrogens (tertiary/aromatic N) is 1. The van der Waals surface area contributed by atoms with E-state index >= 15 is 0 Å². The number of nitro benzene ring substituents is 1. The van der Waals surface area contributed by atoms with Gasteiger partial charge in [-0.15, -0.1) is 0 Å². The molecule has 1 aliphatic carbocycles. The Balaban J connectivity index is 1.59. The highest BCUT2D eigenvalue weighted by atomic mass is 16.6. The SMILES string of the molecule is COc1ccc([C@H]2CC(=O)C3=C(C2)Nc2ccccc2N[C@@H]3c2cccc([N+](=O)[O-])c2)cc1. The zero-order valence-electron chi connectivity index (χ0n) is 18.1. The fourth-order valence-electron chi connectivity index (χ4n) is 4.67. The number of hydrogen-bond acceptors (Lipinski definition) is 6. The molecule has 0 amide bonds. The Morgan fingerprint density at radius 1 is 0.939 bits per heavy atom. The minimum atomic E-state index is -0.486. The van der Waals surface area contributed by atoms with Crippen LogP contribution in [-0.2, 0) is 4.79 Å². The van der Waals surface area contributed by atoms with Gasteiger partial charge < -0.3 is 15.4 Å². The molecule has 0 saturated carbocycles. The van der Waals surface area contributed by atoms with Crippen molar-refractivity contribution in [3.63, 3.8) is 0 Å². The van der Waals surface area contributed by atoms with Crippen molar-refractivity contribution in [2.45, 2.75) is 24.8 Å². The average Bonchev–Trinajstić information content (AvgIpc) is 3.01. The van der Waals surface area contributed by atoms with Crippen molar-refractivity contribution in [1.29, 1.82) is 0 Å². The number of ketones is 1. The number of hydrogen-bond donors (Lipinski definition) is 2. The van der Waals surface area contributed by atoms with Crippen molar-refractivity contribution < 1.29 is 14.5 Å². The summed E-state index contributed by atoms with van der Waals surface area (Å²) < 4.78 is 5.26. The highest BCUT2D eigenvalue weighted by Gasteiger charge is 2.36.